The molecule has 4 heteroatoms. The molecule has 0 unspecified atom stereocenters. The summed E-state index contributed by atoms with van der Waals surface area (Å²) in [7, 11) is 0. The van der Waals surface area contributed by atoms with E-state index < -0.39 is 0 Å². The van der Waals surface area contributed by atoms with E-state index in [1.54, 1.807) is 0 Å². The quantitative estimate of drug-likeness (QED) is 0.721. The molecule has 0 saturated carbocycles. The lowest BCUT2D eigenvalue weighted by molar-refractivity contribution is -0.122. The first-order valence-electron chi connectivity index (χ1n) is 7.32. The van der Waals surface area contributed by atoms with Gasteiger partial charge < -0.3 is 16.0 Å². The molecule has 0 saturated heterocycles. The van der Waals surface area contributed by atoms with Crippen molar-refractivity contribution in [2.45, 2.75) is 45.7 Å². The van der Waals surface area contributed by atoms with Gasteiger partial charge in [0.15, 0.2) is 0 Å². The van der Waals surface area contributed by atoms with Gasteiger partial charge in [-0.1, -0.05) is 18.2 Å². The molecule has 0 fully saturated rings. The molecule has 0 spiro atoms. The molecule has 0 bridgehead atoms. The standard InChI is InChI=1S/C16H25N3O/c1-16(2,3)19-14(20)8-9-17-11-13-6-4-5-12-7-10-18-15(12)13/h4-6,17-18H,7-11H2,1-3H3,(H,19,20). The second kappa shape index (κ2) is 6.27. The molecular weight excluding hydrogens is 250 g/mol. The molecule has 0 radical (unpaired) electrons. The molecule has 4 nitrogen and oxygen atoms in total. The number of carbonyl (C=O) groups is 1. The van der Waals surface area contributed by atoms with Gasteiger partial charge in [-0.2, -0.15) is 0 Å². The number of fused-ring (bicyclic) bond motifs is 1. The first kappa shape index (κ1) is 14.9. The second-order valence-electron chi connectivity index (χ2n) is 6.35. The van der Waals surface area contributed by atoms with E-state index in [1.807, 2.05) is 20.8 Å². The number of carbonyl (C=O) groups excluding carboxylic acids is 1. The van der Waals surface area contributed by atoms with E-state index in [-0.39, 0.29) is 11.4 Å². The number of hydrogen-bond acceptors (Lipinski definition) is 3. The van der Waals surface area contributed by atoms with Gasteiger partial charge in [-0.05, 0) is 38.3 Å². The molecule has 1 aliphatic heterocycles. The molecule has 1 aromatic rings. The number of amides is 1. The van der Waals surface area contributed by atoms with Crippen molar-refractivity contribution in [1.29, 1.82) is 0 Å². The lowest BCUT2D eigenvalue weighted by atomic mass is 10.1. The highest BCUT2D eigenvalue weighted by Crippen LogP contribution is 2.26. The second-order valence-corrected chi connectivity index (χ2v) is 6.35. The lowest BCUT2D eigenvalue weighted by Gasteiger charge is -2.20. The first-order valence-corrected chi connectivity index (χ1v) is 7.32. The van der Waals surface area contributed by atoms with Gasteiger partial charge >= 0.3 is 0 Å². The van der Waals surface area contributed by atoms with E-state index in [4.69, 9.17) is 0 Å². The number of anilines is 1. The fourth-order valence-electron chi connectivity index (χ4n) is 2.46. The molecule has 0 aromatic heterocycles. The van der Waals surface area contributed by atoms with Gasteiger partial charge in [-0.15, -0.1) is 0 Å². The Kier molecular flexibility index (Phi) is 4.65. The molecule has 1 amide bonds. The van der Waals surface area contributed by atoms with Gasteiger partial charge in [0.2, 0.25) is 5.91 Å². The van der Waals surface area contributed by atoms with Crippen LogP contribution in [0.4, 0.5) is 5.69 Å². The molecule has 0 atom stereocenters. The zero-order valence-corrected chi connectivity index (χ0v) is 12.7. The van der Waals surface area contributed by atoms with Gasteiger partial charge in [0, 0.05) is 37.3 Å². The zero-order chi connectivity index (χ0) is 14.6. The summed E-state index contributed by atoms with van der Waals surface area (Å²) in [6, 6.07) is 6.42. The fourth-order valence-corrected chi connectivity index (χ4v) is 2.46. The normalized spacial score (nSPS) is 13.8. The Labute approximate surface area is 121 Å². The van der Waals surface area contributed by atoms with Crippen LogP contribution in [0.2, 0.25) is 0 Å². The van der Waals surface area contributed by atoms with Crippen molar-refractivity contribution >= 4 is 11.6 Å². The SMILES string of the molecule is CC(C)(C)NC(=O)CCNCc1cccc2c1NCC2. The van der Waals surface area contributed by atoms with Gasteiger partial charge in [0.05, 0.1) is 0 Å². The van der Waals surface area contributed by atoms with E-state index in [9.17, 15) is 4.79 Å². The van der Waals surface area contributed by atoms with Crippen LogP contribution in [0.15, 0.2) is 18.2 Å². The molecule has 1 aromatic carbocycles. The summed E-state index contributed by atoms with van der Waals surface area (Å²) in [6.45, 7) is 8.52. The van der Waals surface area contributed by atoms with Crippen LogP contribution in [-0.4, -0.2) is 24.5 Å². The molecule has 0 aliphatic carbocycles. The maximum absolute atomic E-state index is 11.7. The Morgan fingerprint density at radius 1 is 1.35 bits per heavy atom. The Bertz CT molecular complexity index is 477. The number of nitrogens with one attached hydrogen (secondary N) is 3. The summed E-state index contributed by atoms with van der Waals surface area (Å²) in [5.74, 6) is 0.0985. The van der Waals surface area contributed by atoms with Crippen LogP contribution in [0.1, 0.15) is 38.3 Å². The maximum Gasteiger partial charge on any atom is 0.221 e. The predicted octanol–water partition coefficient (Wildman–Crippen LogP) is 2.05. The highest BCUT2D eigenvalue weighted by molar-refractivity contribution is 5.76. The van der Waals surface area contributed by atoms with Gasteiger partial charge in [0.25, 0.3) is 0 Å². The molecule has 1 aliphatic rings. The summed E-state index contributed by atoms with van der Waals surface area (Å²) in [4.78, 5) is 11.7. The third kappa shape index (κ3) is 4.23. The van der Waals surface area contributed by atoms with Crippen molar-refractivity contribution in [3.8, 4) is 0 Å². The topological polar surface area (TPSA) is 53.2 Å². The highest BCUT2D eigenvalue weighted by Gasteiger charge is 2.14. The smallest absolute Gasteiger partial charge is 0.221 e. The first-order chi connectivity index (χ1) is 9.46. The van der Waals surface area contributed by atoms with Crippen LogP contribution >= 0.6 is 0 Å². The van der Waals surface area contributed by atoms with Gasteiger partial charge in [-0.3, -0.25) is 4.79 Å². The van der Waals surface area contributed by atoms with Gasteiger partial charge in [-0.25, -0.2) is 0 Å². The largest absolute Gasteiger partial charge is 0.384 e. The minimum absolute atomic E-state index is 0.0985. The minimum atomic E-state index is -0.152. The Balaban J connectivity index is 1.74. The van der Waals surface area contributed by atoms with Gasteiger partial charge in [0.1, 0.15) is 0 Å². The molecular formula is C16H25N3O. The summed E-state index contributed by atoms with van der Waals surface area (Å²) in [6.07, 6.45) is 1.62. The van der Waals surface area contributed by atoms with E-state index in [1.165, 1.54) is 16.8 Å². The van der Waals surface area contributed by atoms with Crippen molar-refractivity contribution in [3.63, 3.8) is 0 Å². The van der Waals surface area contributed by atoms with Crippen molar-refractivity contribution in [2.24, 2.45) is 0 Å². The van der Waals surface area contributed by atoms with Crippen LogP contribution < -0.4 is 16.0 Å². The Hall–Kier alpha value is -1.55. The average Bonchev–Trinajstić information content (AvgIpc) is 2.81. The predicted molar refractivity (Wildman–Crippen MR) is 82.9 cm³/mol. The lowest BCUT2D eigenvalue weighted by Crippen LogP contribution is -2.41. The third-order valence-electron chi connectivity index (χ3n) is 3.29. The van der Waals surface area contributed by atoms with Crippen molar-refractivity contribution in [2.75, 3.05) is 18.4 Å². The Morgan fingerprint density at radius 3 is 2.90 bits per heavy atom. The number of rotatable bonds is 5. The molecule has 1 heterocycles. The number of hydrogen-bond donors (Lipinski definition) is 3. The highest BCUT2D eigenvalue weighted by atomic mass is 16.1. The van der Waals surface area contributed by atoms with Crippen molar-refractivity contribution < 1.29 is 4.79 Å². The zero-order valence-electron chi connectivity index (χ0n) is 12.7. The van der Waals surface area contributed by atoms with Crippen molar-refractivity contribution in [1.82, 2.24) is 10.6 Å². The summed E-state index contributed by atoms with van der Waals surface area (Å²) in [5, 5.41) is 9.75. The van der Waals surface area contributed by atoms with E-state index >= 15 is 0 Å². The third-order valence-corrected chi connectivity index (χ3v) is 3.29. The monoisotopic (exact) mass is 275 g/mol. The minimum Gasteiger partial charge on any atom is -0.384 e. The van der Waals surface area contributed by atoms with E-state index in [2.05, 4.69) is 34.1 Å². The van der Waals surface area contributed by atoms with Crippen molar-refractivity contribution in [3.05, 3.63) is 29.3 Å². The van der Waals surface area contributed by atoms with Crippen LogP contribution in [0, 0.1) is 0 Å². The summed E-state index contributed by atoms with van der Waals surface area (Å²) >= 11 is 0. The van der Waals surface area contributed by atoms with Crippen LogP contribution in [0.25, 0.3) is 0 Å². The molecule has 3 N–H and O–H groups in total. The average molecular weight is 275 g/mol. The van der Waals surface area contributed by atoms with E-state index in [0.717, 1.165) is 19.5 Å². The number of para-hydroxylation sites is 1. The van der Waals surface area contributed by atoms with Crippen LogP contribution in [0.5, 0.6) is 0 Å². The Morgan fingerprint density at radius 2 is 2.15 bits per heavy atom. The van der Waals surface area contributed by atoms with Crippen LogP contribution in [-0.2, 0) is 17.8 Å². The summed E-state index contributed by atoms with van der Waals surface area (Å²) in [5.41, 5.74) is 3.81. The maximum atomic E-state index is 11.7. The molecule has 20 heavy (non-hydrogen) atoms. The fraction of sp³-hybridized carbons (Fsp3) is 0.562. The molecule has 2 rings (SSSR count). The van der Waals surface area contributed by atoms with Crippen LogP contribution in [0.3, 0.4) is 0 Å². The summed E-state index contributed by atoms with van der Waals surface area (Å²) < 4.78 is 0. The molecule has 110 valence electrons. The van der Waals surface area contributed by atoms with E-state index in [0.29, 0.717) is 13.0 Å². The number of benzene rings is 1.